The number of halogens is 1. The number of carbonyl (C=O) groups excluding carboxylic acids is 3. The molecule has 1 atom stereocenters. The van der Waals surface area contributed by atoms with Crippen molar-refractivity contribution in [3.8, 4) is 0 Å². The van der Waals surface area contributed by atoms with E-state index in [4.69, 9.17) is 4.74 Å². The number of ketones is 1. The molecule has 0 bridgehead atoms. The molecule has 0 spiro atoms. The van der Waals surface area contributed by atoms with Crippen LogP contribution in [0.25, 0.3) is 0 Å². The van der Waals surface area contributed by atoms with Gasteiger partial charge < -0.3 is 10.1 Å². The number of hydrogen-bond donors (Lipinski definition) is 1. The topological polar surface area (TPSA) is 72.5 Å². The number of Topliss-reactive ketones (excluding diaryl/α,β-unsaturated/α-hetero) is 1. The van der Waals surface area contributed by atoms with Gasteiger partial charge in [0.05, 0.1) is 6.42 Å². The second-order valence-electron chi connectivity index (χ2n) is 5.88. The average molecular weight is 377 g/mol. The minimum Gasteiger partial charge on any atom is -0.453 e. The molecule has 2 rings (SSSR count). The van der Waals surface area contributed by atoms with E-state index in [0.717, 1.165) is 9.75 Å². The number of rotatable bonds is 7. The summed E-state index contributed by atoms with van der Waals surface area (Å²) in [6.07, 6.45) is -1.09. The number of carbonyl (C=O) groups is 3. The van der Waals surface area contributed by atoms with E-state index >= 15 is 0 Å². The Morgan fingerprint density at radius 2 is 1.81 bits per heavy atom. The first kappa shape index (κ1) is 19.8. The number of amides is 1. The fraction of sp³-hybridized carbons (Fsp3) is 0.316. The summed E-state index contributed by atoms with van der Waals surface area (Å²) in [6.45, 7) is 5.22. The van der Waals surface area contributed by atoms with E-state index in [0.29, 0.717) is 11.3 Å². The molecule has 0 unspecified atom stereocenters. The normalized spacial score (nSPS) is 11.7. The fourth-order valence-corrected chi connectivity index (χ4v) is 3.29. The Morgan fingerprint density at radius 3 is 2.38 bits per heavy atom. The van der Waals surface area contributed by atoms with Crippen molar-refractivity contribution in [1.29, 1.82) is 0 Å². The molecule has 2 aromatic rings. The molecule has 0 radical (unpaired) electrons. The first-order chi connectivity index (χ1) is 12.3. The van der Waals surface area contributed by atoms with Crippen LogP contribution < -0.4 is 5.32 Å². The van der Waals surface area contributed by atoms with Gasteiger partial charge in [0.1, 0.15) is 5.82 Å². The molecule has 26 heavy (non-hydrogen) atoms. The van der Waals surface area contributed by atoms with Crippen LogP contribution in [0.3, 0.4) is 0 Å². The predicted molar refractivity (Wildman–Crippen MR) is 97.9 cm³/mol. The van der Waals surface area contributed by atoms with Crippen LogP contribution in [0.5, 0.6) is 0 Å². The molecule has 1 amide bonds. The zero-order valence-corrected chi connectivity index (χ0v) is 15.6. The summed E-state index contributed by atoms with van der Waals surface area (Å²) in [5, 5.41) is 2.53. The van der Waals surface area contributed by atoms with Crippen molar-refractivity contribution < 1.29 is 23.5 Å². The molecule has 1 aromatic carbocycles. The maximum Gasteiger partial charge on any atom is 0.307 e. The van der Waals surface area contributed by atoms with E-state index in [-0.39, 0.29) is 18.6 Å². The van der Waals surface area contributed by atoms with E-state index in [9.17, 15) is 18.8 Å². The zero-order chi connectivity index (χ0) is 19.3. The van der Waals surface area contributed by atoms with Gasteiger partial charge >= 0.3 is 5.97 Å². The minimum atomic E-state index is -1.02. The number of hydrogen-bond acceptors (Lipinski definition) is 5. The van der Waals surface area contributed by atoms with Crippen LogP contribution in [0.15, 0.2) is 30.3 Å². The van der Waals surface area contributed by atoms with Crippen molar-refractivity contribution in [3.63, 3.8) is 0 Å². The van der Waals surface area contributed by atoms with Crippen molar-refractivity contribution in [2.45, 2.75) is 39.7 Å². The lowest BCUT2D eigenvalue weighted by Crippen LogP contribution is -2.30. The standard InChI is InChI=1S/C19H20FNO4S/c1-11-10-16(13(3)26-11)17(22)8-9-18(23)25-12(2)19(24)21-15-6-4-14(20)5-7-15/h4-7,10,12H,8-9H2,1-3H3,(H,21,24)/t12-/m0/s1. The Hall–Kier alpha value is -2.54. The summed E-state index contributed by atoms with van der Waals surface area (Å²) in [7, 11) is 0. The third kappa shape index (κ3) is 5.49. The molecule has 138 valence electrons. The summed E-state index contributed by atoms with van der Waals surface area (Å²) in [4.78, 5) is 38.0. The Morgan fingerprint density at radius 1 is 1.15 bits per heavy atom. The molecule has 7 heteroatoms. The van der Waals surface area contributed by atoms with E-state index < -0.39 is 23.8 Å². The lowest BCUT2D eigenvalue weighted by atomic mass is 10.1. The smallest absolute Gasteiger partial charge is 0.307 e. The second kappa shape index (κ2) is 8.71. The van der Waals surface area contributed by atoms with Crippen molar-refractivity contribution in [3.05, 3.63) is 51.5 Å². The van der Waals surface area contributed by atoms with Crippen molar-refractivity contribution in [1.82, 2.24) is 0 Å². The van der Waals surface area contributed by atoms with E-state index in [1.165, 1.54) is 42.5 Å². The molecule has 0 fully saturated rings. The van der Waals surface area contributed by atoms with Crippen LogP contribution in [0.1, 0.15) is 39.9 Å². The van der Waals surface area contributed by atoms with Gasteiger partial charge in [-0.3, -0.25) is 14.4 Å². The molecule has 0 aliphatic carbocycles. The Kier molecular flexibility index (Phi) is 6.63. The molecule has 0 aliphatic rings. The van der Waals surface area contributed by atoms with Crippen LogP contribution in [-0.4, -0.2) is 23.8 Å². The van der Waals surface area contributed by atoms with Crippen LogP contribution in [0, 0.1) is 19.7 Å². The van der Waals surface area contributed by atoms with Gasteiger partial charge in [-0.15, -0.1) is 11.3 Å². The molecule has 5 nitrogen and oxygen atoms in total. The lowest BCUT2D eigenvalue weighted by molar-refractivity contribution is -0.153. The number of esters is 1. The van der Waals surface area contributed by atoms with Gasteiger partial charge in [0.15, 0.2) is 11.9 Å². The molecule has 1 aromatic heterocycles. The van der Waals surface area contributed by atoms with E-state index in [1.54, 1.807) is 0 Å². The van der Waals surface area contributed by atoms with Gasteiger partial charge in [-0.2, -0.15) is 0 Å². The molecule has 0 saturated heterocycles. The van der Waals surface area contributed by atoms with Gasteiger partial charge in [0, 0.05) is 27.4 Å². The number of thiophene rings is 1. The highest BCUT2D eigenvalue weighted by atomic mass is 32.1. The van der Waals surface area contributed by atoms with Crippen molar-refractivity contribution in [2.24, 2.45) is 0 Å². The first-order valence-electron chi connectivity index (χ1n) is 8.12. The Balaban J connectivity index is 1.81. The number of benzene rings is 1. The molecule has 1 heterocycles. The van der Waals surface area contributed by atoms with Gasteiger partial charge in [-0.1, -0.05) is 0 Å². The van der Waals surface area contributed by atoms with E-state index in [1.807, 2.05) is 19.9 Å². The average Bonchev–Trinajstić information content (AvgIpc) is 2.93. The zero-order valence-electron chi connectivity index (χ0n) is 14.8. The SMILES string of the molecule is Cc1cc(C(=O)CCC(=O)O[C@@H](C)C(=O)Nc2ccc(F)cc2)c(C)s1. The van der Waals surface area contributed by atoms with Gasteiger partial charge in [-0.25, -0.2) is 4.39 Å². The monoisotopic (exact) mass is 377 g/mol. The summed E-state index contributed by atoms with van der Waals surface area (Å²) in [6, 6.07) is 7.06. The van der Waals surface area contributed by atoms with Gasteiger partial charge in [0.2, 0.25) is 0 Å². The van der Waals surface area contributed by atoms with E-state index in [2.05, 4.69) is 5.32 Å². The highest BCUT2D eigenvalue weighted by molar-refractivity contribution is 7.12. The van der Waals surface area contributed by atoms with Crippen LogP contribution in [0.2, 0.25) is 0 Å². The molecule has 0 saturated carbocycles. The highest BCUT2D eigenvalue weighted by Crippen LogP contribution is 2.22. The minimum absolute atomic E-state index is 0.0299. The molecule has 0 aliphatic heterocycles. The van der Waals surface area contributed by atoms with Crippen molar-refractivity contribution >= 4 is 34.7 Å². The summed E-state index contributed by atoms with van der Waals surface area (Å²) < 4.78 is 17.9. The van der Waals surface area contributed by atoms with Crippen LogP contribution >= 0.6 is 11.3 Å². The maximum absolute atomic E-state index is 12.8. The first-order valence-corrected chi connectivity index (χ1v) is 8.94. The Bertz CT molecular complexity index is 813. The number of nitrogens with one attached hydrogen (secondary N) is 1. The molecular formula is C19H20FNO4S. The van der Waals surface area contributed by atoms with Gasteiger partial charge in [0.25, 0.3) is 5.91 Å². The van der Waals surface area contributed by atoms with Crippen LogP contribution in [0.4, 0.5) is 10.1 Å². The third-order valence-corrected chi connectivity index (χ3v) is 4.65. The number of anilines is 1. The largest absolute Gasteiger partial charge is 0.453 e. The predicted octanol–water partition coefficient (Wildman–Crippen LogP) is 4.04. The maximum atomic E-state index is 12.8. The quantitative estimate of drug-likeness (QED) is 0.584. The summed E-state index contributed by atoms with van der Waals surface area (Å²) in [5.74, 6) is -1.68. The number of aryl methyl sites for hydroxylation is 2. The fourth-order valence-electron chi connectivity index (χ4n) is 2.34. The molecular weight excluding hydrogens is 357 g/mol. The Labute approximate surface area is 155 Å². The third-order valence-electron chi connectivity index (χ3n) is 3.69. The lowest BCUT2D eigenvalue weighted by Gasteiger charge is -2.13. The van der Waals surface area contributed by atoms with Gasteiger partial charge in [-0.05, 0) is 51.1 Å². The van der Waals surface area contributed by atoms with Crippen molar-refractivity contribution in [2.75, 3.05) is 5.32 Å². The van der Waals surface area contributed by atoms with Crippen LogP contribution in [-0.2, 0) is 14.3 Å². The molecule has 1 N–H and O–H groups in total. The number of ether oxygens (including phenoxy) is 1. The second-order valence-corrected chi connectivity index (χ2v) is 7.34. The highest BCUT2D eigenvalue weighted by Gasteiger charge is 2.19. The summed E-state index contributed by atoms with van der Waals surface area (Å²) >= 11 is 1.53. The summed E-state index contributed by atoms with van der Waals surface area (Å²) in [5.41, 5.74) is 1.03.